The number of hydrogen-bond donors (Lipinski definition) is 0. The highest BCUT2D eigenvalue weighted by Gasteiger charge is 2.30. The summed E-state index contributed by atoms with van der Waals surface area (Å²) in [4.78, 5) is 14.0. The SMILES string of the molecule is C[C@H](c1nc2ccccc2s1)N(C)S(=O)(=O)c1ccc(F)c([N+](=O)[O-])c1. The van der Waals surface area contributed by atoms with Gasteiger partial charge in [0.1, 0.15) is 5.01 Å². The standard InChI is InChI=1S/C16H14FN3O4S2/c1-10(16-18-13-5-3-4-6-15(13)25-16)19(2)26(23,24)11-7-8-12(17)14(9-11)20(21)22/h3-10H,1-2H3/t10-/m1/s1. The average Bonchev–Trinajstić information content (AvgIpc) is 3.04. The van der Waals surface area contributed by atoms with Gasteiger partial charge in [0, 0.05) is 13.1 Å². The maximum absolute atomic E-state index is 13.5. The van der Waals surface area contributed by atoms with E-state index in [1.807, 2.05) is 24.3 Å². The number of aromatic nitrogens is 1. The van der Waals surface area contributed by atoms with E-state index in [1.165, 1.54) is 18.4 Å². The number of fused-ring (bicyclic) bond motifs is 1. The van der Waals surface area contributed by atoms with Gasteiger partial charge in [-0.15, -0.1) is 11.3 Å². The predicted molar refractivity (Wildman–Crippen MR) is 96.0 cm³/mol. The molecule has 1 aromatic heterocycles. The van der Waals surface area contributed by atoms with E-state index in [-0.39, 0.29) is 4.90 Å². The lowest BCUT2D eigenvalue weighted by atomic mass is 10.3. The Morgan fingerprint density at radius 1 is 1.27 bits per heavy atom. The number of benzene rings is 2. The van der Waals surface area contributed by atoms with Crippen molar-refractivity contribution in [1.29, 1.82) is 0 Å². The lowest BCUT2D eigenvalue weighted by Gasteiger charge is -2.22. The number of hydrogen-bond acceptors (Lipinski definition) is 6. The highest BCUT2D eigenvalue weighted by atomic mass is 32.2. The first-order valence-corrected chi connectivity index (χ1v) is 9.75. The Hall–Kier alpha value is -2.43. The van der Waals surface area contributed by atoms with Crippen molar-refractivity contribution in [2.24, 2.45) is 0 Å². The van der Waals surface area contributed by atoms with Crippen molar-refractivity contribution in [3.05, 3.63) is 63.4 Å². The number of nitro benzene ring substituents is 1. The van der Waals surface area contributed by atoms with Crippen LogP contribution in [0.5, 0.6) is 0 Å². The molecular formula is C16H14FN3O4S2. The highest BCUT2D eigenvalue weighted by Crippen LogP contribution is 2.32. The molecule has 0 amide bonds. The van der Waals surface area contributed by atoms with Crippen LogP contribution in [0.25, 0.3) is 10.2 Å². The second-order valence-electron chi connectivity index (χ2n) is 5.59. The van der Waals surface area contributed by atoms with Gasteiger partial charge in [0.15, 0.2) is 0 Å². The molecule has 0 unspecified atom stereocenters. The summed E-state index contributed by atoms with van der Waals surface area (Å²) in [5.41, 5.74) is -0.116. The summed E-state index contributed by atoms with van der Waals surface area (Å²) in [7, 11) is -2.71. The van der Waals surface area contributed by atoms with Crippen LogP contribution in [0.1, 0.15) is 18.0 Å². The zero-order valence-electron chi connectivity index (χ0n) is 13.8. The Bertz CT molecular complexity index is 1060. The van der Waals surface area contributed by atoms with Crippen molar-refractivity contribution in [3.8, 4) is 0 Å². The molecule has 1 atom stereocenters. The van der Waals surface area contributed by atoms with E-state index in [9.17, 15) is 22.9 Å². The van der Waals surface area contributed by atoms with Crippen molar-refractivity contribution >= 4 is 37.3 Å². The maximum Gasteiger partial charge on any atom is 0.306 e. The van der Waals surface area contributed by atoms with Gasteiger partial charge in [0.05, 0.1) is 26.1 Å². The van der Waals surface area contributed by atoms with E-state index in [2.05, 4.69) is 4.98 Å². The quantitative estimate of drug-likeness (QED) is 0.485. The number of sulfonamides is 1. The molecule has 0 aliphatic rings. The fraction of sp³-hybridized carbons (Fsp3) is 0.188. The number of rotatable bonds is 5. The monoisotopic (exact) mass is 395 g/mol. The predicted octanol–water partition coefficient (Wildman–Crippen LogP) is 3.73. The molecule has 0 fully saturated rings. The van der Waals surface area contributed by atoms with Gasteiger partial charge in [-0.25, -0.2) is 13.4 Å². The van der Waals surface area contributed by atoms with Crippen LogP contribution in [-0.4, -0.2) is 29.7 Å². The molecule has 0 saturated carbocycles. The van der Waals surface area contributed by atoms with Crippen molar-refractivity contribution in [1.82, 2.24) is 9.29 Å². The van der Waals surface area contributed by atoms with Crippen LogP contribution in [0.3, 0.4) is 0 Å². The summed E-state index contributed by atoms with van der Waals surface area (Å²) >= 11 is 1.37. The number of para-hydroxylation sites is 1. The van der Waals surface area contributed by atoms with Crippen molar-refractivity contribution in [2.75, 3.05) is 7.05 Å². The summed E-state index contributed by atoms with van der Waals surface area (Å²) in [6.07, 6.45) is 0. The molecule has 7 nitrogen and oxygen atoms in total. The van der Waals surface area contributed by atoms with E-state index < -0.39 is 32.5 Å². The first-order valence-electron chi connectivity index (χ1n) is 7.49. The van der Waals surface area contributed by atoms with Gasteiger partial charge in [0.2, 0.25) is 15.8 Å². The van der Waals surface area contributed by atoms with Crippen LogP contribution in [0.2, 0.25) is 0 Å². The third kappa shape index (κ3) is 3.18. The Labute approximate surface area is 152 Å². The topological polar surface area (TPSA) is 93.4 Å². The maximum atomic E-state index is 13.5. The van der Waals surface area contributed by atoms with Gasteiger partial charge in [0.25, 0.3) is 0 Å². The zero-order chi connectivity index (χ0) is 19.1. The molecule has 0 N–H and O–H groups in total. The van der Waals surface area contributed by atoms with E-state index in [4.69, 9.17) is 0 Å². The Kier molecular flexibility index (Phi) is 4.74. The number of nitrogens with zero attached hydrogens (tertiary/aromatic N) is 3. The van der Waals surface area contributed by atoms with Gasteiger partial charge in [-0.1, -0.05) is 12.1 Å². The lowest BCUT2D eigenvalue weighted by molar-refractivity contribution is -0.387. The molecule has 26 heavy (non-hydrogen) atoms. The van der Waals surface area contributed by atoms with Crippen molar-refractivity contribution in [2.45, 2.75) is 17.9 Å². The number of thiazole rings is 1. The largest absolute Gasteiger partial charge is 0.306 e. The smallest absolute Gasteiger partial charge is 0.258 e. The van der Waals surface area contributed by atoms with Gasteiger partial charge < -0.3 is 0 Å². The van der Waals surface area contributed by atoms with Crippen LogP contribution in [0.15, 0.2) is 47.4 Å². The minimum Gasteiger partial charge on any atom is -0.258 e. The van der Waals surface area contributed by atoms with Crippen molar-refractivity contribution in [3.63, 3.8) is 0 Å². The van der Waals surface area contributed by atoms with Crippen LogP contribution in [0, 0.1) is 15.9 Å². The molecule has 0 radical (unpaired) electrons. The van der Waals surface area contributed by atoms with Crippen LogP contribution < -0.4 is 0 Å². The average molecular weight is 395 g/mol. The number of nitro groups is 1. The molecule has 0 aliphatic heterocycles. The minimum absolute atomic E-state index is 0.346. The lowest BCUT2D eigenvalue weighted by Crippen LogP contribution is -2.29. The molecule has 0 aliphatic carbocycles. The van der Waals surface area contributed by atoms with Crippen LogP contribution in [-0.2, 0) is 10.0 Å². The van der Waals surface area contributed by atoms with Gasteiger partial charge >= 0.3 is 5.69 Å². The summed E-state index contributed by atoms with van der Waals surface area (Å²) in [5, 5.41) is 11.5. The second-order valence-corrected chi connectivity index (χ2v) is 8.65. The molecule has 3 aromatic rings. The van der Waals surface area contributed by atoms with E-state index in [0.717, 1.165) is 32.7 Å². The van der Waals surface area contributed by atoms with Crippen LogP contribution >= 0.6 is 11.3 Å². The summed E-state index contributed by atoms with van der Waals surface area (Å²) in [6, 6.07) is 9.36. The van der Waals surface area contributed by atoms with Gasteiger partial charge in [-0.05, 0) is 31.2 Å². The second kappa shape index (κ2) is 6.71. The Morgan fingerprint density at radius 3 is 2.62 bits per heavy atom. The molecule has 0 bridgehead atoms. The minimum atomic E-state index is -4.07. The zero-order valence-corrected chi connectivity index (χ0v) is 15.4. The highest BCUT2D eigenvalue weighted by molar-refractivity contribution is 7.89. The van der Waals surface area contributed by atoms with E-state index >= 15 is 0 Å². The molecule has 0 spiro atoms. The molecule has 0 saturated heterocycles. The fourth-order valence-electron chi connectivity index (χ4n) is 2.39. The van der Waals surface area contributed by atoms with Crippen molar-refractivity contribution < 1.29 is 17.7 Å². The van der Waals surface area contributed by atoms with Gasteiger partial charge in [-0.3, -0.25) is 10.1 Å². The molecule has 1 heterocycles. The third-order valence-electron chi connectivity index (χ3n) is 4.00. The molecule has 3 rings (SSSR count). The first-order chi connectivity index (χ1) is 12.2. The summed E-state index contributed by atoms with van der Waals surface area (Å²) < 4.78 is 41.1. The molecule has 136 valence electrons. The number of halogens is 1. The molecular weight excluding hydrogens is 381 g/mol. The fourth-order valence-corrected chi connectivity index (χ4v) is 4.87. The molecule has 2 aromatic carbocycles. The summed E-state index contributed by atoms with van der Waals surface area (Å²) in [6.45, 7) is 1.67. The first kappa shape index (κ1) is 18.4. The normalized spacial score (nSPS) is 13.2. The van der Waals surface area contributed by atoms with E-state index in [1.54, 1.807) is 6.92 Å². The van der Waals surface area contributed by atoms with Gasteiger partial charge in [-0.2, -0.15) is 8.70 Å². The molecule has 10 heteroatoms. The van der Waals surface area contributed by atoms with E-state index in [0.29, 0.717) is 5.01 Å². The van der Waals surface area contributed by atoms with Crippen LogP contribution in [0.4, 0.5) is 10.1 Å². The Balaban J connectivity index is 1.98. The Morgan fingerprint density at radius 2 is 1.96 bits per heavy atom. The summed E-state index contributed by atoms with van der Waals surface area (Å²) in [5.74, 6) is -1.09. The third-order valence-corrected chi connectivity index (χ3v) is 7.14.